The largest absolute Gasteiger partial charge is 0.387 e. The number of ketones is 1. The molecule has 3 heterocycles. The zero-order valence-electron chi connectivity index (χ0n) is 21.9. The first-order chi connectivity index (χ1) is 18.7. The van der Waals surface area contributed by atoms with Gasteiger partial charge in [-0.1, -0.05) is 6.92 Å². The number of aliphatic hydroxyl groups excluding tert-OH is 1. The van der Waals surface area contributed by atoms with E-state index in [4.69, 9.17) is 10.5 Å². The number of benzene rings is 1. The lowest BCUT2D eigenvalue weighted by atomic mass is 9.93. The van der Waals surface area contributed by atoms with Crippen molar-refractivity contribution in [3.05, 3.63) is 76.0 Å². The molecule has 1 unspecified atom stereocenters. The summed E-state index contributed by atoms with van der Waals surface area (Å²) in [6, 6.07) is 4.27. The Kier molecular flexibility index (Phi) is 7.70. The monoisotopic (exact) mass is 540 g/mol. The molecule has 0 spiro atoms. The first-order valence-corrected chi connectivity index (χ1v) is 13.0. The molecule has 0 radical (unpaired) electrons. The van der Waals surface area contributed by atoms with E-state index >= 15 is 0 Å². The molecule has 1 aliphatic carbocycles. The number of ether oxygens (including phenoxy) is 1. The quantitative estimate of drug-likeness (QED) is 0.431. The van der Waals surface area contributed by atoms with Crippen LogP contribution in [0.1, 0.15) is 58.7 Å². The van der Waals surface area contributed by atoms with Crippen LogP contribution < -0.4 is 10.6 Å². The maximum absolute atomic E-state index is 14.8. The number of piperidine rings is 1. The van der Waals surface area contributed by atoms with Gasteiger partial charge in [0.15, 0.2) is 5.78 Å². The summed E-state index contributed by atoms with van der Waals surface area (Å²) in [5, 5.41) is 10.4. The minimum atomic E-state index is -1.00. The maximum Gasteiger partial charge on any atom is 0.185 e. The standard InChI is InChI=1S/C29H31F3N4O3/c1-15-7-18(33)13-36(12-15)29-17(11-34-27-19(29)3-6-24(27)37)10-25(38)23-5-4-20(30)28(35-23)26-21(31)8-16(14-39-2)9-22(26)32/h4-5,8-9,11,15,18,24,37H,3,6-7,10,12-14,33H2,1-2H3/t15-,18+,24?/m1/s1. The number of hydrogen-bond donors (Lipinski definition) is 2. The average molecular weight is 541 g/mol. The Labute approximate surface area is 224 Å². The van der Waals surface area contributed by atoms with E-state index in [0.29, 0.717) is 36.6 Å². The smallest absolute Gasteiger partial charge is 0.185 e. The van der Waals surface area contributed by atoms with Gasteiger partial charge in [-0.25, -0.2) is 18.2 Å². The summed E-state index contributed by atoms with van der Waals surface area (Å²) in [5.41, 5.74) is 8.22. The van der Waals surface area contributed by atoms with Crippen LogP contribution in [0.4, 0.5) is 18.9 Å². The van der Waals surface area contributed by atoms with Crippen LogP contribution in [0.3, 0.4) is 0 Å². The maximum atomic E-state index is 14.8. The van der Waals surface area contributed by atoms with Crippen LogP contribution in [0, 0.1) is 23.4 Å². The van der Waals surface area contributed by atoms with Crippen LogP contribution in [-0.4, -0.2) is 47.1 Å². The number of methoxy groups -OCH3 is 1. The summed E-state index contributed by atoms with van der Waals surface area (Å²) < 4.78 is 49.3. The predicted octanol–water partition coefficient (Wildman–Crippen LogP) is 4.29. The van der Waals surface area contributed by atoms with Crippen molar-refractivity contribution < 1.29 is 27.8 Å². The van der Waals surface area contributed by atoms with Crippen LogP contribution in [-0.2, 0) is 24.2 Å². The Balaban J connectivity index is 1.50. The molecule has 1 aromatic carbocycles. The molecule has 39 heavy (non-hydrogen) atoms. The zero-order valence-corrected chi connectivity index (χ0v) is 21.9. The van der Waals surface area contributed by atoms with Gasteiger partial charge in [0.2, 0.25) is 0 Å². The average Bonchev–Trinajstić information content (AvgIpc) is 3.24. The highest BCUT2D eigenvalue weighted by Crippen LogP contribution is 2.40. The lowest BCUT2D eigenvalue weighted by molar-refractivity contribution is 0.0988. The van der Waals surface area contributed by atoms with Gasteiger partial charge in [-0.2, -0.15) is 0 Å². The highest BCUT2D eigenvalue weighted by atomic mass is 19.1. The zero-order chi connectivity index (χ0) is 27.8. The van der Waals surface area contributed by atoms with E-state index in [1.165, 1.54) is 13.2 Å². The van der Waals surface area contributed by atoms with Gasteiger partial charge in [0, 0.05) is 55.7 Å². The van der Waals surface area contributed by atoms with Crippen molar-refractivity contribution in [3.8, 4) is 11.3 Å². The SMILES string of the molecule is COCc1cc(F)c(-c2nc(C(=O)Cc3cnc4c(c3N3C[C@H](C)C[C@H](N)C3)CCC4O)ccc2F)c(F)c1. The summed E-state index contributed by atoms with van der Waals surface area (Å²) in [5.74, 6) is -3.07. The molecule has 206 valence electrons. The topological polar surface area (TPSA) is 102 Å². The molecule has 0 bridgehead atoms. The number of pyridine rings is 2. The third-order valence-electron chi connectivity index (χ3n) is 7.38. The Morgan fingerprint density at radius 1 is 1.18 bits per heavy atom. The predicted molar refractivity (Wildman–Crippen MR) is 140 cm³/mol. The number of carbonyl (C=O) groups is 1. The number of nitrogens with zero attached hydrogens (tertiary/aromatic N) is 3. The van der Waals surface area contributed by atoms with Crippen molar-refractivity contribution in [2.24, 2.45) is 11.7 Å². The van der Waals surface area contributed by atoms with Gasteiger partial charge in [-0.05, 0) is 55.0 Å². The van der Waals surface area contributed by atoms with E-state index in [-0.39, 0.29) is 30.3 Å². The molecule has 3 atom stereocenters. The lowest BCUT2D eigenvalue weighted by Crippen LogP contribution is -2.47. The fourth-order valence-electron chi connectivity index (χ4n) is 5.80. The van der Waals surface area contributed by atoms with Gasteiger partial charge in [-0.15, -0.1) is 0 Å². The molecular weight excluding hydrogens is 509 g/mol. The number of hydrogen-bond acceptors (Lipinski definition) is 7. The van der Waals surface area contributed by atoms with Gasteiger partial charge in [0.1, 0.15) is 28.8 Å². The number of anilines is 1. The second-order valence-corrected chi connectivity index (χ2v) is 10.6. The molecular formula is C29H31F3N4O3. The molecule has 5 rings (SSSR count). The number of carbonyl (C=O) groups excluding carboxylic acids is 1. The second-order valence-electron chi connectivity index (χ2n) is 10.6. The Morgan fingerprint density at radius 2 is 1.92 bits per heavy atom. The van der Waals surface area contributed by atoms with E-state index < -0.39 is 40.6 Å². The summed E-state index contributed by atoms with van der Waals surface area (Å²) in [6.07, 6.45) is 2.87. The molecule has 1 fully saturated rings. The molecule has 7 nitrogen and oxygen atoms in total. The van der Waals surface area contributed by atoms with Crippen molar-refractivity contribution >= 4 is 11.5 Å². The van der Waals surface area contributed by atoms with Crippen LogP contribution in [0.5, 0.6) is 0 Å². The lowest BCUT2D eigenvalue weighted by Gasteiger charge is -2.38. The third-order valence-corrected chi connectivity index (χ3v) is 7.38. The van der Waals surface area contributed by atoms with Gasteiger partial charge < -0.3 is 20.5 Å². The summed E-state index contributed by atoms with van der Waals surface area (Å²) >= 11 is 0. The van der Waals surface area contributed by atoms with Crippen LogP contribution in [0.25, 0.3) is 11.3 Å². The van der Waals surface area contributed by atoms with Crippen LogP contribution in [0.15, 0.2) is 30.5 Å². The minimum Gasteiger partial charge on any atom is -0.387 e. The van der Waals surface area contributed by atoms with Crippen molar-refractivity contribution in [3.63, 3.8) is 0 Å². The van der Waals surface area contributed by atoms with E-state index in [9.17, 15) is 23.1 Å². The highest BCUT2D eigenvalue weighted by molar-refractivity contribution is 5.97. The second kappa shape index (κ2) is 11.0. The highest BCUT2D eigenvalue weighted by Gasteiger charge is 2.32. The van der Waals surface area contributed by atoms with E-state index in [1.54, 1.807) is 6.20 Å². The number of aliphatic hydroxyl groups is 1. The minimum absolute atomic E-state index is 0.0164. The molecule has 3 aromatic rings. The molecule has 0 saturated carbocycles. The molecule has 1 saturated heterocycles. The van der Waals surface area contributed by atoms with Gasteiger partial charge in [-0.3, -0.25) is 9.78 Å². The van der Waals surface area contributed by atoms with E-state index in [2.05, 4.69) is 21.8 Å². The summed E-state index contributed by atoms with van der Waals surface area (Å²) in [7, 11) is 1.39. The Hall–Kier alpha value is -3.34. The molecule has 2 aliphatic rings. The number of Topliss-reactive ketones (excluding diaryl/α,β-unsaturated/α-hetero) is 1. The Bertz CT molecular complexity index is 1380. The number of nitrogens with two attached hydrogens (primary N) is 1. The van der Waals surface area contributed by atoms with Crippen molar-refractivity contribution in [1.82, 2.24) is 9.97 Å². The van der Waals surface area contributed by atoms with Gasteiger partial charge in [0.25, 0.3) is 0 Å². The number of rotatable bonds is 7. The fourth-order valence-corrected chi connectivity index (χ4v) is 5.80. The van der Waals surface area contributed by atoms with Crippen molar-refractivity contribution in [2.75, 3.05) is 25.1 Å². The molecule has 10 heteroatoms. The molecule has 3 N–H and O–H groups in total. The van der Waals surface area contributed by atoms with Crippen LogP contribution in [0.2, 0.25) is 0 Å². The fraction of sp³-hybridized carbons (Fsp3) is 0.414. The number of aromatic nitrogens is 2. The van der Waals surface area contributed by atoms with Gasteiger partial charge >= 0.3 is 0 Å². The first-order valence-electron chi connectivity index (χ1n) is 13.0. The first kappa shape index (κ1) is 27.2. The Morgan fingerprint density at radius 3 is 2.62 bits per heavy atom. The van der Waals surface area contributed by atoms with E-state index in [1.807, 2.05) is 0 Å². The summed E-state index contributed by atoms with van der Waals surface area (Å²) in [6.45, 7) is 3.46. The van der Waals surface area contributed by atoms with Crippen molar-refractivity contribution in [2.45, 2.75) is 51.4 Å². The number of fused-ring (bicyclic) bond motifs is 1. The number of halogens is 3. The van der Waals surface area contributed by atoms with Gasteiger partial charge in [0.05, 0.1) is 24.0 Å². The van der Waals surface area contributed by atoms with Crippen molar-refractivity contribution in [1.29, 1.82) is 0 Å². The normalized spacial score (nSPS) is 20.8. The molecule has 1 aliphatic heterocycles. The molecule has 2 aromatic heterocycles. The van der Waals surface area contributed by atoms with E-state index in [0.717, 1.165) is 42.4 Å². The third kappa shape index (κ3) is 5.41. The molecule has 0 amide bonds. The summed E-state index contributed by atoms with van der Waals surface area (Å²) in [4.78, 5) is 24.1. The van der Waals surface area contributed by atoms with Crippen LogP contribution >= 0.6 is 0 Å².